The topological polar surface area (TPSA) is 81.4 Å². The molecular formula is C18H20N2O3S. The van der Waals surface area contributed by atoms with Gasteiger partial charge in [0.25, 0.3) is 5.91 Å². The number of anilines is 1. The molecule has 0 aliphatic rings. The van der Waals surface area contributed by atoms with Crippen LogP contribution >= 0.6 is 11.8 Å². The summed E-state index contributed by atoms with van der Waals surface area (Å²) in [6, 6.07) is 14.5. The first-order valence-electron chi connectivity index (χ1n) is 7.59. The zero-order chi connectivity index (χ0) is 17.4. The van der Waals surface area contributed by atoms with Crippen LogP contribution in [-0.4, -0.2) is 24.2 Å². The predicted molar refractivity (Wildman–Crippen MR) is 97.4 cm³/mol. The van der Waals surface area contributed by atoms with E-state index in [1.54, 1.807) is 24.3 Å². The molecule has 0 aliphatic carbocycles. The summed E-state index contributed by atoms with van der Waals surface area (Å²) in [5, 5.41) is 2.73. The molecule has 0 aromatic heterocycles. The summed E-state index contributed by atoms with van der Waals surface area (Å²) in [6.45, 7) is 2.54. The first kappa shape index (κ1) is 17.9. The fraction of sp³-hybridized carbons (Fsp3) is 0.222. The van der Waals surface area contributed by atoms with E-state index in [2.05, 4.69) is 5.32 Å². The molecule has 6 heteroatoms. The molecule has 0 fully saturated rings. The summed E-state index contributed by atoms with van der Waals surface area (Å²) in [5.41, 5.74) is 7.09. The number of para-hydroxylation sites is 2. The first-order valence-corrected chi connectivity index (χ1v) is 8.74. The molecule has 2 rings (SSSR count). The molecule has 2 amide bonds. The Kier molecular flexibility index (Phi) is 6.69. The maximum atomic E-state index is 12.1. The average Bonchev–Trinajstić information content (AvgIpc) is 2.57. The Morgan fingerprint density at radius 2 is 1.83 bits per heavy atom. The molecule has 0 heterocycles. The van der Waals surface area contributed by atoms with Gasteiger partial charge in [0, 0.05) is 11.3 Å². The zero-order valence-corrected chi connectivity index (χ0v) is 14.3. The number of nitrogens with two attached hydrogens (primary N) is 1. The summed E-state index contributed by atoms with van der Waals surface area (Å²) in [5.74, 6) is 1.04. The van der Waals surface area contributed by atoms with Gasteiger partial charge in [-0.05, 0) is 25.1 Å². The van der Waals surface area contributed by atoms with Crippen molar-refractivity contribution in [3.63, 3.8) is 0 Å². The second-order valence-corrected chi connectivity index (χ2v) is 5.98. The molecule has 3 N–H and O–H groups in total. The van der Waals surface area contributed by atoms with E-state index in [0.29, 0.717) is 23.6 Å². The minimum absolute atomic E-state index is 0.178. The van der Waals surface area contributed by atoms with Gasteiger partial charge in [-0.1, -0.05) is 30.3 Å². The van der Waals surface area contributed by atoms with E-state index in [1.165, 1.54) is 11.8 Å². The lowest BCUT2D eigenvalue weighted by molar-refractivity contribution is -0.113. The molecule has 0 aliphatic heterocycles. The number of primary amides is 1. The van der Waals surface area contributed by atoms with Crippen LogP contribution in [0, 0.1) is 0 Å². The molecular weight excluding hydrogens is 324 g/mol. The second-order valence-electron chi connectivity index (χ2n) is 4.99. The van der Waals surface area contributed by atoms with Gasteiger partial charge >= 0.3 is 0 Å². The third-order valence-electron chi connectivity index (χ3n) is 3.23. The number of hydrogen-bond acceptors (Lipinski definition) is 4. The van der Waals surface area contributed by atoms with E-state index in [0.717, 1.165) is 11.3 Å². The average molecular weight is 344 g/mol. The van der Waals surface area contributed by atoms with E-state index < -0.39 is 5.91 Å². The molecule has 0 unspecified atom stereocenters. The quantitative estimate of drug-likeness (QED) is 0.771. The first-order chi connectivity index (χ1) is 11.6. The Bertz CT molecular complexity index is 719. The summed E-state index contributed by atoms with van der Waals surface area (Å²) >= 11 is 1.48. The lowest BCUT2D eigenvalue weighted by Gasteiger charge is -2.10. The van der Waals surface area contributed by atoms with Gasteiger partial charge in [-0.2, -0.15) is 0 Å². The molecule has 126 valence electrons. The fourth-order valence-electron chi connectivity index (χ4n) is 2.17. The number of thioether (sulfide) groups is 1. The molecule has 24 heavy (non-hydrogen) atoms. The Labute approximate surface area is 145 Å². The third-order valence-corrected chi connectivity index (χ3v) is 4.21. The van der Waals surface area contributed by atoms with Crippen molar-refractivity contribution in [2.45, 2.75) is 12.7 Å². The van der Waals surface area contributed by atoms with Crippen LogP contribution in [0.25, 0.3) is 0 Å². The Hall–Kier alpha value is -2.47. The van der Waals surface area contributed by atoms with E-state index in [-0.39, 0.29) is 11.7 Å². The van der Waals surface area contributed by atoms with Crippen molar-refractivity contribution >= 4 is 29.3 Å². The van der Waals surface area contributed by atoms with Crippen molar-refractivity contribution in [1.82, 2.24) is 0 Å². The molecule has 2 aromatic carbocycles. The highest BCUT2D eigenvalue weighted by atomic mass is 32.2. The van der Waals surface area contributed by atoms with Crippen LogP contribution in [-0.2, 0) is 10.5 Å². The number of carbonyl (C=O) groups excluding carboxylic acids is 2. The number of nitrogens with one attached hydrogen (secondary N) is 1. The smallest absolute Gasteiger partial charge is 0.250 e. The number of hydrogen-bond donors (Lipinski definition) is 2. The van der Waals surface area contributed by atoms with Crippen LogP contribution in [0.5, 0.6) is 5.75 Å². The molecule has 0 spiro atoms. The van der Waals surface area contributed by atoms with E-state index in [4.69, 9.17) is 10.5 Å². The Balaban J connectivity index is 1.90. The van der Waals surface area contributed by atoms with Gasteiger partial charge < -0.3 is 15.8 Å². The van der Waals surface area contributed by atoms with Gasteiger partial charge in [-0.15, -0.1) is 11.8 Å². The van der Waals surface area contributed by atoms with Crippen LogP contribution in [0.1, 0.15) is 22.8 Å². The van der Waals surface area contributed by atoms with E-state index in [1.807, 2.05) is 31.2 Å². The van der Waals surface area contributed by atoms with Crippen LogP contribution < -0.4 is 15.8 Å². The van der Waals surface area contributed by atoms with Crippen molar-refractivity contribution in [2.24, 2.45) is 5.73 Å². The summed E-state index contributed by atoms with van der Waals surface area (Å²) < 4.78 is 5.57. The van der Waals surface area contributed by atoms with Gasteiger partial charge in [-0.25, -0.2) is 0 Å². The molecule has 0 saturated carbocycles. The Morgan fingerprint density at radius 1 is 1.12 bits per heavy atom. The molecule has 0 bridgehead atoms. The highest BCUT2D eigenvalue weighted by Gasteiger charge is 2.11. The van der Waals surface area contributed by atoms with E-state index in [9.17, 15) is 9.59 Å². The molecule has 0 radical (unpaired) electrons. The number of carbonyl (C=O) groups is 2. The van der Waals surface area contributed by atoms with Crippen LogP contribution in [0.4, 0.5) is 5.69 Å². The van der Waals surface area contributed by atoms with E-state index >= 15 is 0 Å². The Morgan fingerprint density at radius 3 is 2.58 bits per heavy atom. The fourth-order valence-corrected chi connectivity index (χ4v) is 2.98. The van der Waals surface area contributed by atoms with Crippen LogP contribution in [0.2, 0.25) is 0 Å². The number of ether oxygens (including phenoxy) is 1. The molecule has 0 saturated heterocycles. The number of rotatable bonds is 8. The minimum Gasteiger partial charge on any atom is -0.494 e. The third kappa shape index (κ3) is 5.03. The van der Waals surface area contributed by atoms with Gasteiger partial charge in [0.1, 0.15) is 5.75 Å². The van der Waals surface area contributed by atoms with Crippen molar-refractivity contribution in [1.29, 1.82) is 0 Å². The summed E-state index contributed by atoms with van der Waals surface area (Å²) in [6.07, 6.45) is 0. The van der Waals surface area contributed by atoms with Crippen LogP contribution in [0.3, 0.4) is 0 Å². The maximum absolute atomic E-state index is 12.1. The highest BCUT2D eigenvalue weighted by molar-refractivity contribution is 7.99. The maximum Gasteiger partial charge on any atom is 0.250 e. The normalized spacial score (nSPS) is 10.2. The molecule has 5 nitrogen and oxygen atoms in total. The molecule has 2 aromatic rings. The zero-order valence-electron chi connectivity index (χ0n) is 13.5. The lowest BCUT2D eigenvalue weighted by atomic mass is 10.1. The largest absolute Gasteiger partial charge is 0.494 e. The van der Waals surface area contributed by atoms with Crippen LogP contribution in [0.15, 0.2) is 48.5 Å². The number of amides is 2. The van der Waals surface area contributed by atoms with Crippen molar-refractivity contribution in [2.75, 3.05) is 17.7 Å². The standard InChI is InChI=1S/C18H20N2O3S/c1-2-23-16-10-6-3-7-13(16)11-24-12-17(21)20-15-9-5-4-8-14(15)18(19)22/h3-10H,2,11-12H2,1H3,(H2,19,22)(H,20,21). The lowest BCUT2D eigenvalue weighted by Crippen LogP contribution is -2.19. The number of benzene rings is 2. The van der Waals surface area contributed by atoms with Crippen molar-refractivity contribution < 1.29 is 14.3 Å². The van der Waals surface area contributed by atoms with Crippen molar-refractivity contribution in [3.05, 3.63) is 59.7 Å². The van der Waals surface area contributed by atoms with Crippen molar-refractivity contribution in [3.8, 4) is 5.75 Å². The monoisotopic (exact) mass is 344 g/mol. The van der Waals surface area contributed by atoms with Gasteiger partial charge in [0.2, 0.25) is 5.91 Å². The van der Waals surface area contributed by atoms with Gasteiger partial charge in [0.15, 0.2) is 0 Å². The molecule has 0 atom stereocenters. The predicted octanol–water partition coefficient (Wildman–Crippen LogP) is 3.06. The summed E-state index contributed by atoms with van der Waals surface area (Å²) in [4.78, 5) is 23.4. The second kappa shape index (κ2) is 8.98. The minimum atomic E-state index is -0.566. The van der Waals surface area contributed by atoms with Gasteiger partial charge in [0.05, 0.1) is 23.6 Å². The highest BCUT2D eigenvalue weighted by Crippen LogP contribution is 2.23. The van der Waals surface area contributed by atoms with Gasteiger partial charge in [-0.3, -0.25) is 9.59 Å². The SMILES string of the molecule is CCOc1ccccc1CSCC(=O)Nc1ccccc1C(N)=O. The summed E-state index contributed by atoms with van der Waals surface area (Å²) in [7, 11) is 0.